The molecule has 1 atom stereocenters. The lowest BCUT2D eigenvalue weighted by molar-refractivity contribution is -0.139. The molecule has 214 valence electrons. The Labute approximate surface area is 239 Å². The molecule has 7 nitrogen and oxygen atoms in total. The smallest absolute Gasteiger partial charge is 0.352 e. The maximum absolute atomic E-state index is 13.6. The van der Waals surface area contributed by atoms with Gasteiger partial charge in [-0.25, -0.2) is 8.42 Å². The highest BCUT2D eigenvalue weighted by Crippen LogP contribution is 2.37. The van der Waals surface area contributed by atoms with Crippen LogP contribution in [0.25, 0.3) is 0 Å². The van der Waals surface area contributed by atoms with Crippen LogP contribution in [0.4, 0.5) is 18.9 Å². The number of sulfonamides is 1. The number of nitrogens with one attached hydrogen (secondary N) is 1. The first kappa shape index (κ1) is 31.2. The van der Waals surface area contributed by atoms with E-state index in [1.54, 1.807) is 31.2 Å². The number of amides is 2. The number of alkyl halides is 3. The van der Waals surface area contributed by atoms with Gasteiger partial charge in [-0.05, 0) is 55.7 Å². The van der Waals surface area contributed by atoms with Crippen LogP contribution in [-0.4, -0.2) is 50.0 Å². The van der Waals surface area contributed by atoms with Crippen molar-refractivity contribution in [3.05, 3.63) is 63.1 Å². The molecule has 3 rings (SSSR count). The van der Waals surface area contributed by atoms with Crippen LogP contribution in [0.1, 0.15) is 50.2 Å². The van der Waals surface area contributed by atoms with E-state index < -0.39 is 45.3 Å². The van der Waals surface area contributed by atoms with Crippen LogP contribution in [0.5, 0.6) is 0 Å². The molecule has 0 unspecified atom stereocenters. The molecule has 1 N–H and O–H groups in total. The molecule has 0 radical (unpaired) electrons. The Morgan fingerprint density at radius 2 is 1.79 bits per heavy atom. The zero-order valence-corrected chi connectivity index (χ0v) is 24.6. The number of benzene rings is 2. The Bertz CT molecular complexity index is 1300. The van der Waals surface area contributed by atoms with Gasteiger partial charge < -0.3 is 10.2 Å². The molecule has 0 saturated heterocycles. The zero-order chi connectivity index (χ0) is 29.0. The Morgan fingerprint density at radius 1 is 1.13 bits per heavy atom. The number of rotatable bonds is 9. The van der Waals surface area contributed by atoms with E-state index >= 15 is 0 Å². The van der Waals surface area contributed by atoms with Gasteiger partial charge >= 0.3 is 6.18 Å². The summed E-state index contributed by atoms with van der Waals surface area (Å²) in [7, 11) is -4.20. The first-order chi connectivity index (χ1) is 18.2. The quantitative estimate of drug-likeness (QED) is 0.374. The molecule has 0 aromatic heterocycles. The highest BCUT2D eigenvalue weighted by Gasteiger charge is 2.36. The van der Waals surface area contributed by atoms with Crippen LogP contribution in [0.15, 0.2) is 46.9 Å². The minimum absolute atomic E-state index is 0.0149. The molecule has 1 aliphatic rings. The number of carbonyl (C=O) groups is 2. The molecule has 0 heterocycles. The molecule has 2 amide bonds. The van der Waals surface area contributed by atoms with Crippen LogP contribution in [0, 0.1) is 0 Å². The summed E-state index contributed by atoms with van der Waals surface area (Å²) in [6, 6.07) is 8.69. The first-order valence-corrected chi connectivity index (χ1v) is 15.4. The van der Waals surface area contributed by atoms with Gasteiger partial charge in [0.05, 0.1) is 22.5 Å². The van der Waals surface area contributed by atoms with E-state index in [-0.39, 0.29) is 24.2 Å². The van der Waals surface area contributed by atoms with Crippen molar-refractivity contribution in [1.82, 2.24) is 10.2 Å². The summed E-state index contributed by atoms with van der Waals surface area (Å²) in [4.78, 5) is 28.0. The van der Waals surface area contributed by atoms with E-state index in [9.17, 15) is 31.2 Å². The molecular weight excluding hydrogens is 623 g/mol. The number of carbonyl (C=O) groups excluding carboxylic acids is 2. The Morgan fingerprint density at radius 3 is 2.38 bits per heavy atom. The molecule has 1 saturated carbocycles. The van der Waals surface area contributed by atoms with Gasteiger partial charge in [0, 0.05) is 17.1 Å². The predicted octanol–water partition coefficient (Wildman–Crippen LogP) is 5.75. The summed E-state index contributed by atoms with van der Waals surface area (Å²) in [5.74, 6) is -1.14. The van der Waals surface area contributed by atoms with E-state index in [1.807, 2.05) is 0 Å². The molecular formula is C26H30BrClF3N3O4S. The van der Waals surface area contributed by atoms with E-state index in [0.717, 1.165) is 55.0 Å². The Hall–Kier alpha value is -2.31. The lowest BCUT2D eigenvalue weighted by atomic mass is 9.95. The van der Waals surface area contributed by atoms with Gasteiger partial charge in [0.2, 0.25) is 21.8 Å². The second-order valence-electron chi connectivity index (χ2n) is 9.60. The van der Waals surface area contributed by atoms with Gasteiger partial charge in [-0.1, -0.05) is 58.9 Å². The third-order valence-corrected chi connectivity index (χ3v) is 8.55. The monoisotopic (exact) mass is 651 g/mol. The van der Waals surface area contributed by atoms with Gasteiger partial charge in [-0.3, -0.25) is 13.9 Å². The van der Waals surface area contributed by atoms with Gasteiger partial charge in [0.15, 0.2) is 0 Å². The van der Waals surface area contributed by atoms with Gasteiger partial charge in [-0.15, -0.1) is 0 Å². The van der Waals surface area contributed by atoms with E-state index in [0.29, 0.717) is 15.9 Å². The van der Waals surface area contributed by atoms with Crippen molar-refractivity contribution in [1.29, 1.82) is 0 Å². The Balaban J connectivity index is 1.93. The summed E-state index contributed by atoms with van der Waals surface area (Å²) in [6.07, 6.45) is 0.695. The second kappa shape index (κ2) is 12.9. The number of hydrogen-bond acceptors (Lipinski definition) is 4. The lowest BCUT2D eigenvalue weighted by Gasteiger charge is -2.33. The van der Waals surface area contributed by atoms with Crippen molar-refractivity contribution in [2.75, 3.05) is 17.1 Å². The van der Waals surface area contributed by atoms with Gasteiger partial charge in [-0.2, -0.15) is 13.2 Å². The van der Waals surface area contributed by atoms with Crippen molar-refractivity contribution in [2.45, 2.75) is 63.8 Å². The lowest BCUT2D eigenvalue weighted by Crippen LogP contribution is -2.53. The van der Waals surface area contributed by atoms with Crippen molar-refractivity contribution < 1.29 is 31.2 Å². The first-order valence-electron chi connectivity index (χ1n) is 12.4. The summed E-state index contributed by atoms with van der Waals surface area (Å²) in [5, 5.41) is 2.38. The summed E-state index contributed by atoms with van der Waals surface area (Å²) < 4.78 is 67.0. The van der Waals surface area contributed by atoms with E-state index in [4.69, 9.17) is 11.6 Å². The molecule has 2 aromatic carbocycles. The average molecular weight is 653 g/mol. The maximum Gasteiger partial charge on any atom is 0.417 e. The SMILES string of the molecule is C[C@@H](C(=O)NC1CCCCC1)N(Cc1cccc(Br)c1)C(=O)CN(c1ccc(Cl)c(C(F)(F)F)c1)S(C)(=O)=O. The second-order valence-corrected chi connectivity index (χ2v) is 12.8. The fourth-order valence-electron chi connectivity index (χ4n) is 4.48. The Kier molecular flexibility index (Phi) is 10.3. The predicted molar refractivity (Wildman–Crippen MR) is 148 cm³/mol. The maximum atomic E-state index is 13.6. The van der Waals surface area contributed by atoms with Gasteiger partial charge in [0.1, 0.15) is 12.6 Å². The fraction of sp³-hybridized carbons (Fsp3) is 0.462. The minimum Gasteiger partial charge on any atom is -0.352 e. The normalized spacial score (nSPS) is 15.5. The zero-order valence-electron chi connectivity index (χ0n) is 21.5. The summed E-state index contributed by atoms with van der Waals surface area (Å²) >= 11 is 9.08. The number of hydrogen-bond donors (Lipinski definition) is 1. The minimum atomic E-state index is -4.83. The van der Waals surface area contributed by atoms with Crippen molar-refractivity contribution in [3.8, 4) is 0 Å². The van der Waals surface area contributed by atoms with Crippen molar-refractivity contribution in [3.63, 3.8) is 0 Å². The topological polar surface area (TPSA) is 86.8 Å². The molecule has 0 spiro atoms. The number of anilines is 1. The number of halogens is 5. The number of nitrogens with zero attached hydrogens (tertiary/aromatic N) is 2. The molecule has 0 bridgehead atoms. The fourth-order valence-corrected chi connectivity index (χ4v) is 6.00. The van der Waals surface area contributed by atoms with Crippen LogP contribution in [0.3, 0.4) is 0 Å². The van der Waals surface area contributed by atoms with E-state index in [1.165, 1.54) is 4.90 Å². The van der Waals surface area contributed by atoms with Crippen LogP contribution in [-0.2, 0) is 32.3 Å². The van der Waals surface area contributed by atoms with Crippen LogP contribution < -0.4 is 9.62 Å². The largest absolute Gasteiger partial charge is 0.417 e. The molecule has 39 heavy (non-hydrogen) atoms. The highest BCUT2D eigenvalue weighted by molar-refractivity contribution is 9.10. The van der Waals surface area contributed by atoms with E-state index in [2.05, 4.69) is 21.2 Å². The average Bonchev–Trinajstić information content (AvgIpc) is 2.85. The third kappa shape index (κ3) is 8.59. The third-order valence-electron chi connectivity index (χ3n) is 6.58. The summed E-state index contributed by atoms with van der Waals surface area (Å²) in [5.41, 5.74) is -0.926. The molecule has 13 heteroatoms. The molecule has 2 aromatic rings. The molecule has 1 aliphatic carbocycles. The standard InChI is InChI=1S/C26H30BrClF3N3O4S/c1-17(25(36)32-20-9-4-3-5-10-20)33(15-18-7-6-8-19(27)13-18)24(35)16-34(39(2,37)38)21-11-12-23(28)22(14-21)26(29,30)31/h6-8,11-14,17,20H,3-5,9-10,15-16H2,1-2H3,(H,32,36)/t17-/m0/s1. The molecule has 1 fully saturated rings. The van der Waals surface area contributed by atoms with Crippen LogP contribution >= 0.6 is 27.5 Å². The molecule has 0 aliphatic heterocycles. The van der Waals surface area contributed by atoms with Crippen LogP contribution in [0.2, 0.25) is 5.02 Å². The summed E-state index contributed by atoms with van der Waals surface area (Å²) in [6.45, 7) is 0.708. The van der Waals surface area contributed by atoms with Crippen molar-refractivity contribution >= 4 is 55.1 Å². The van der Waals surface area contributed by atoms with Crippen molar-refractivity contribution in [2.24, 2.45) is 0 Å². The highest BCUT2D eigenvalue weighted by atomic mass is 79.9. The van der Waals surface area contributed by atoms with Gasteiger partial charge in [0.25, 0.3) is 0 Å².